The molecule has 4 nitrogen and oxygen atoms in total. The molecule has 2 unspecified atom stereocenters. The van der Waals surface area contributed by atoms with Gasteiger partial charge in [0, 0.05) is 34.2 Å². The number of benzene rings is 3. The molecule has 0 saturated carbocycles. The maximum atomic E-state index is 12.0. The predicted molar refractivity (Wildman–Crippen MR) is 147 cm³/mol. The highest BCUT2D eigenvalue weighted by molar-refractivity contribution is 7.98. The number of hydrogen-bond acceptors (Lipinski definition) is 5. The molecule has 0 aliphatic heterocycles. The average molecular weight is 506 g/mol. The summed E-state index contributed by atoms with van der Waals surface area (Å²) in [6, 6.07) is 24.8. The number of fused-ring (bicyclic) bond motifs is 1. The summed E-state index contributed by atoms with van der Waals surface area (Å²) in [7, 11) is -3.13. The number of rotatable bonds is 9. The summed E-state index contributed by atoms with van der Waals surface area (Å²) < 4.78 is 24.1. The molecule has 1 heterocycles. The SMILES string of the molecule is CSc1ccc(C(CO)Cc2cccc(-c3cc(CC(C)S(C)(=O)=O)cc4cccnc34)c2)cc1. The van der Waals surface area contributed by atoms with Crippen molar-refractivity contribution in [3.63, 3.8) is 0 Å². The quantitative estimate of drug-likeness (QED) is 0.286. The monoisotopic (exact) mass is 505 g/mol. The lowest BCUT2D eigenvalue weighted by Gasteiger charge is -2.17. The number of nitrogens with zero attached hydrogens (tertiary/aromatic N) is 1. The summed E-state index contributed by atoms with van der Waals surface area (Å²) in [5.41, 5.74) is 6.16. The number of aliphatic hydroxyl groups is 1. The molecule has 2 atom stereocenters. The van der Waals surface area contributed by atoms with Crippen LogP contribution in [0.3, 0.4) is 0 Å². The van der Waals surface area contributed by atoms with Crippen LogP contribution in [0, 0.1) is 0 Å². The molecule has 0 aliphatic carbocycles. The molecule has 1 aromatic heterocycles. The van der Waals surface area contributed by atoms with Crippen LogP contribution >= 0.6 is 11.8 Å². The smallest absolute Gasteiger partial charge is 0.150 e. The number of sulfone groups is 1. The summed E-state index contributed by atoms with van der Waals surface area (Å²) in [4.78, 5) is 5.84. The lowest BCUT2D eigenvalue weighted by Crippen LogP contribution is -2.18. The van der Waals surface area contributed by atoms with Crippen molar-refractivity contribution in [3.05, 3.63) is 95.7 Å². The van der Waals surface area contributed by atoms with Gasteiger partial charge in [-0.25, -0.2) is 8.42 Å². The van der Waals surface area contributed by atoms with E-state index in [-0.39, 0.29) is 12.5 Å². The van der Waals surface area contributed by atoms with Gasteiger partial charge in [-0.05, 0) is 78.6 Å². The standard InChI is InChI=1S/C29H31NO3S2/c1-20(35(3,32)33)14-22-17-25-8-5-13-30-29(25)28(18-22)24-7-4-6-21(15-24)16-26(19-31)23-9-11-27(34-2)12-10-23/h4-13,15,17-18,20,26,31H,14,16,19H2,1-3H3. The second kappa shape index (κ2) is 10.9. The molecule has 4 rings (SSSR count). The van der Waals surface area contributed by atoms with E-state index < -0.39 is 15.1 Å². The zero-order valence-electron chi connectivity index (χ0n) is 20.3. The molecule has 6 heteroatoms. The van der Waals surface area contributed by atoms with E-state index in [1.165, 1.54) is 11.2 Å². The van der Waals surface area contributed by atoms with Crippen molar-refractivity contribution in [1.29, 1.82) is 0 Å². The number of aromatic nitrogens is 1. The minimum Gasteiger partial charge on any atom is -0.396 e. The molecule has 35 heavy (non-hydrogen) atoms. The molecule has 0 bridgehead atoms. The first-order valence-corrected chi connectivity index (χ1v) is 14.9. The first kappa shape index (κ1) is 25.4. The first-order chi connectivity index (χ1) is 16.8. The Morgan fingerprint density at radius 3 is 2.40 bits per heavy atom. The van der Waals surface area contributed by atoms with E-state index >= 15 is 0 Å². The number of hydrogen-bond donors (Lipinski definition) is 1. The van der Waals surface area contributed by atoms with E-state index in [1.807, 2.05) is 24.3 Å². The van der Waals surface area contributed by atoms with Crippen molar-refractivity contribution in [1.82, 2.24) is 4.98 Å². The van der Waals surface area contributed by atoms with E-state index in [2.05, 4.69) is 59.8 Å². The zero-order valence-corrected chi connectivity index (χ0v) is 21.9. The third-order valence-electron chi connectivity index (χ3n) is 6.55. The van der Waals surface area contributed by atoms with Gasteiger partial charge in [0.1, 0.15) is 9.84 Å². The minimum absolute atomic E-state index is 0.0120. The molecule has 4 aromatic rings. The fourth-order valence-corrected chi connectivity index (χ4v) is 5.29. The van der Waals surface area contributed by atoms with E-state index in [9.17, 15) is 13.5 Å². The second-order valence-electron chi connectivity index (χ2n) is 9.12. The molecular formula is C29H31NO3S2. The Morgan fingerprint density at radius 2 is 1.71 bits per heavy atom. The van der Waals surface area contributed by atoms with Gasteiger partial charge in [-0.2, -0.15) is 0 Å². The van der Waals surface area contributed by atoms with Crippen LogP contribution < -0.4 is 0 Å². The Balaban J connectivity index is 1.69. The zero-order chi connectivity index (χ0) is 25.0. The fraction of sp³-hybridized carbons (Fsp3) is 0.276. The van der Waals surface area contributed by atoms with Crippen molar-refractivity contribution >= 4 is 32.5 Å². The lowest BCUT2D eigenvalue weighted by molar-refractivity contribution is 0.264. The first-order valence-electron chi connectivity index (χ1n) is 11.7. The van der Waals surface area contributed by atoms with Gasteiger partial charge in [0.25, 0.3) is 0 Å². The summed E-state index contributed by atoms with van der Waals surface area (Å²) >= 11 is 1.71. The van der Waals surface area contributed by atoms with Gasteiger partial charge < -0.3 is 5.11 Å². The maximum absolute atomic E-state index is 12.0. The van der Waals surface area contributed by atoms with Gasteiger partial charge in [0.15, 0.2) is 0 Å². The summed E-state index contributed by atoms with van der Waals surface area (Å²) in [5.74, 6) is 0.0120. The molecule has 0 saturated heterocycles. The molecular weight excluding hydrogens is 474 g/mol. The van der Waals surface area contributed by atoms with Gasteiger partial charge in [0.05, 0.1) is 17.4 Å². The highest BCUT2D eigenvalue weighted by Crippen LogP contribution is 2.32. The van der Waals surface area contributed by atoms with E-state index in [0.717, 1.165) is 45.1 Å². The van der Waals surface area contributed by atoms with Crippen LogP contribution in [0.1, 0.15) is 29.5 Å². The summed E-state index contributed by atoms with van der Waals surface area (Å²) in [6.07, 6.45) is 6.30. The second-order valence-corrected chi connectivity index (χ2v) is 12.5. The van der Waals surface area contributed by atoms with Gasteiger partial charge >= 0.3 is 0 Å². The number of thioether (sulfide) groups is 1. The molecule has 0 spiro atoms. The third kappa shape index (κ3) is 6.13. The Labute approximate surface area is 212 Å². The molecule has 1 N–H and O–H groups in total. The summed E-state index contributed by atoms with van der Waals surface area (Å²) in [6.45, 7) is 1.83. The number of aliphatic hydroxyl groups excluding tert-OH is 1. The van der Waals surface area contributed by atoms with Crippen LogP contribution in [0.25, 0.3) is 22.0 Å². The van der Waals surface area contributed by atoms with E-state index in [1.54, 1.807) is 24.9 Å². The van der Waals surface area contributed by atoms with Crippen molar-refractivity contribution in [3.8, 4) is 11.1 Å². The largest absolute Gasteiger partial charge is 0.396 e. The molecule has 182 valence electrons. The van der Waals surface area contributed by atoms with Gasteiger partial charge in [0.2, 0.25) is 0 Å². The van der Waals surface area contributed by atoms with Crippen LogP contribution in [0.5, 0.6) is 0 Å². The Morgan fingerprint density at radius 1 is 0.943 bits per heavy atom. The number of pyridine rings is 1. The van der Waals surface area contributed by atoms with Gasteiger partial charge in [-0.3, -0.25) is 4.98 Å². The molecule has 3 aromatic carbocycles. The van der Waals surface area contributed by atoms with Crippen molar-refractivity contribution in [2.24, 2.45) is 0 Å². The lowest BCUT2D eigenvalue weighted by atomic mass is 9.90. The van der Waals surface area contributed by atoms with Crippen LogP contribution in [-0.4, -0.2) is 42.9 Å². The minimum atomic E-state index is -3.13. The molecule has 0 aliphatic rings. The third-order valence-corrected chi connectivity index (χ3v) is 8.92. The van der Waals surface area contributed by atoms with Crippen LogP contribution in [0.4, 0.5) is 0 Å². The van der Waals surface area contributed by atoms with Crippen molar-refractivity contribution in [2.45, 2.75) is 35.8 Å². The van der Waals surface area contributed by atoms with Crippen molar-refractivity contribution < 1.29 is 13.5 Å². The van der Waals surface area contributed by atoms with Gasteiger partial charge in [-0.15, -0.1) is 11.8 Å². The molecule has 0 amide bonds. The Bertz CT molecular complexity index is 1420. The molecule has 0 fully saturated rings. The van der Waals surface area contributed by atoms with Crippen LogP contribution in [0.15, 0.2) is 83.9 Å². The van der Waals surface area contributed by atoms with Gasteiger partial charge in [-0.1, -0.05) is 42.5 Å². The highest BCUT2D eigenvalue weighted by Gasteiger charge is 2.18. The van der Waals surface area contributed by atoms with Crippen LogP contribution in [0.2, 0.25) is 0 Å². The molecule has 0 radical (unpaired) electrons. The van der Waals surface area contributed by atoms with Crippen molar-refractivity contribution in [2.75, 3.05) is 19.1 Å². The van der Waals surface area contributed by atoms with E-state index in [4.69, 9.17) is 0 Å². The summed E-state index contributed by atoms with van der Waals surface area (Å²) in [5, 5.41) is 10.7. The fourth-order valence-electron chi connectivity index (χ4n) is 4.39. The van der Waals surface area contributed by atoms with Crippen LogP contribution in [-0.2, 0) is 22.7 Å². The average Bonchev–Trinajstić information content (AvgIpc) is 2.86. The maximum Gasteiger partial charge on any atom is 0.150 e. The predicted octanol–water partition coefficient (Wildman–Crippen LogP) is 5.92. The Kier molecular flexibility index (Phi) is 7.95. The highest BCUT2D eigenvalue weighted by atomic mass is 32.2. The normalized spacial score (nSPS) is 13.6. The topological polar surface area (TPSA) is 67.3 Å². The van der Waals surface area contributed by atoms with E-state index in [0.29, 0.717) is 6.42 Å². The Hall–Kier alpha value is -2.67.